The third-order valence-corrected chi connectivity index (χ3v) is 8.82. The maximum Gasteiger partial charge on any atom is 0.0702 e. The van der Waals surface area contributed by atoms with Crippen LogP contribution >= 0.6 is 0 Å². The van der Waals surface area contributed by atoms with Crippen LogP contribution in [0.1, 0.15) is 0 Å². The zero-order valence-electron chi connectivity index (χ0n) is 23.4. The van der Waals surface area contributed by atoms with Crippen molar-refractivity contribution in [3.63, 3.8) is 0 Å². The highest BCUT2D eigenvalue weighted by molar-refractivity contribution is 6.25. The Hall–Kier alpha value is -5.73. The Morgan fingerprint density at radius 1 is 0.349 bits per heavy atom. The van der Waals surface area contributed by atoms with E-state index in [9.17, 15) is 0 Å². The lowest BCUT2D eigenvalue weighted by Crippen LogP contribution is -1.92. The van der Waals surface area contributed by atoms with Gasteiger partial charge in [0.15, 0.2) is 0 Å². The molecule has 2 heteroatoms. The van der Waals surface area contributed by atoms with E-state index in [1.165, 1.54) is 65.4 Å². The van der Waals surface area contributed by atoms with Gasteiger partial charge in [-0.1, -0.05) is 109 Å². The van der Waals surface area contributed by atoms with E-state index in [-0.39, 0.29) is 0 Å². The molecular weight excluding hydrogens is 520 g/mol. The summed E-state index contributed by atoms with van der Waals surface area (Å²) in [6.45, 7) is 0. The number of pyridine rings is 1. The molecule has 2 aromatic heterocycles. The number of nitrogens with zero attached hydrogens (tertiary/aromatic N) is 2. The zero-order chi connectivity index (χ0) is 28.3. The molecule has 0 fully saturated rings. The van der Waals surface area contributed by atoms with Crippen molar-refractivity contribution in [2.24, 2.45) is 0 Å². The average Bonchev–Trinajstić information content (AvgIpc) is 3.42. The third kappa shape index (κ3) is 3.70. The monoisotopic (exact) mass is 546 g/mol. The van der Waals surface area contributed by atoms with Crippen molar-refractivity contribution in [3.05, 3.63) is 158 Å². The first kappa shape index (κ1) is 23.9. The molecule has 0 N–H and O–H groups in total. The van der Waals surface area contributed by atoms with Gasteiger partial charge in [-0.2, -0.15) is 0 Å². The predicted octanol–water partition coefficient (Wildman–Crippen LogP) is 11.0. The molecule has 0 spiro atoms. The lowest BCUT2D eigenvalue weighted by molar-refractivity contribution is 1.18. The normalized spacial score (nSPS) is 11.7. The minimum Gasteiger partial charge on any atom is -0.309 e. The number of para-hydroxylation sites is 2. The summed E-state index contributed by atoms with van der Waals surface area (Å²) in [6.07, 6.45) is 2.01. The van der Waals surface area contributed by atoms with Gasteiger partial charge < -0.3 is 4.57 Å². The molecule has 0 aliphatic heterocycles. The molecule has 0 bridgehead atoms. The molecule has 0 amide bonds. The molecular formula is C41H26N2. The molecule has 9 rings (SSSR count). The van der Waals surface area contributed by atoms with Crippen LogP contribution in [-0.2, 0) is 0 Å². The van der Waals surface area contributed by atoms with Crippen molar-refractivity contribution >= 4 is 54.1 Å². The summed E-state index contributed by atoms with van der Waals surface area (Å²) in [7, 11) is 0. The molecule has 0 atom stereocenters. The van der Waals surface area contributed by atoms with Gasteiger partial charge in [0, 0.05) is 33.8 Å². The highest BCUT2D eigenvalue weighted by Crippen LogP contribution is 2.38. The van der Waals surface area contributed by atoms with Gasteiger partial charge in [0.1, 0.15) is 0 Å². The van der Waals surface area contributed by atoms with E-state index in [1.807, 2.05) is 6.20 Å². The van der Waals surface area contributed by atoms with Crippen LogP contribution in [0.15, 0.2) is 158 Å². The van der Waals surface area contributed by atoms with Crippen LogP contribution in [0, 0.1) is 0 Å². The maximum atomic E-state index is 4.96. The van der Waals surface area contributed by atoms with E-state index in [1.54, 1.807) is 0 Å². The second kappa shape index (κ2) is 9.40. The van der Waals surface area contributed by atoms with Gasteiger partial charge in [0.05, 0.1) is 16.7 Å². The number of hydrogen-bond acceptors (Lipinski definition) is 1. The van der Waals surface area contributed by atoms with Crippen LogP contribution in [0.3, 0.4) is 0 Å². The van der Waals surface area contributed by atoms with Gasteiger partial charge in [0.25, 0.3) is 0 Å². The molecule has 7 aromatic carbocycles. The Balaban J connectivity index is 1.15. The topological polar surface area (TPSA) is 17.8 Å². The molecule has 200 valence electrons. The fraction of sp³-hybridized carbons (Fsp3) is 0. The fourth-order valence-corrected chi connectivity index (χ4v) is 6.81. The second-order valence-corrected chi connectivity index (χ2v) is 11.2. The van der Waals surface area contributed by atoms with Crippen molar-refractivity contribution < 1.29 is 0 Å². The van der Waals surface area contributed by atoms with Crippen molar-refractivity contribution in [2.45, 2.75) is 0 Å². The highest BCUT2D eigenvalue weighted by Gasteiger charge is 2.14. The largest absolute Gasteiger partial charge is 0.309 e. The van der Waals surface area contributed by atoms with Crippen LogP contribution in [0.5, 0.6) is 0 Å². The van der Waals surface area contributed by atoms with Gasteiger partial charge in [-0.15, -0.1) is 0 Å². The standard InChI is InChI=1S/C41H26N2/c1-2-10-30(11-3-1)43-40-17-9-8-16-36(40)38-24-27(20-23-41(38)43)29-19-22-39(42-26-29)28-18-21-35-33-14-5-4-12-31(33)32-13-6-7-15-34(32)37(35)25-28/h1-26H. The Kier molecular flexibility index (Phi) is 5.23. The Bertz CT molecular complexity index is 2450. The van der Waals surface area contributed by atoms with Gasteiger partial charge in [-0.25, -0.2) is 0 Å². The molecule has 0 saturated carbocycles. The molecule has 0 aliphatic carbocycles. The molecule has 43 heavy (non-hydrogen) atoms. The second-order valence-electron chi connectivity index (χ2n) is 11.2. The maximum absolute atomic E-state index is 4.96. The number of fused-ring (bicyclic) bond motifs is 9. The van der Waals surface area contributed by atoms with E-state index in [4.69, 9.17) is 4.98 Å². The van der Waals surface area contributed by atoms with Gasteiger partial charge in [-0.05, 0) is 80.3 Å². The van der Waals surface area contributed by atoms with Crippen LogP contribution in [0.4, 0.5) is 0 Å². The average molecular weight is 547 g/mol. The molecule has 0 aliphatic rings. The first-order chi connectivity index (χ1) is 21.3. The summed E-state index contributed by atoms with van der Waals surface area (Å²) >= 11 is 0. The quantitative estimate of drug-likeness (QED) is 0.202. The SMILES string of the molecule is c1ccc(-n2c3ccccc3c3cc(-c4ccc(-c5ccc6c7ccccc7c7ccccc7c6c5)nc4)ccc32)cc1. The van der Waals surface area contributed by atoms with Crippen molar-refractivity contribution in [1.82, 2.24) is 9.55 Å². The minimum atomic E-state index is 0.977. The predicted molar refractivity (Wildman–Crippen MR) is 182 cm³/mol. The highest BCUT2D eigenvalue weighted by atomic mass is 15.0. The van der Waals surface area contributed by atoms with Crippen molar-refractivity contribution in [3.8, 4) is 28.1 Å². The summed E-state index contributed by atoms with van der Waals surface area (Å²) in [5.74, 6) is 0. The fourth-order valence-electron chi connectivity index (χ4n) is 6.81. The summed E-state index contributed by atoms with van der Waals surface area (Å²) in [4.78, 5) is 4.96. The van der Waals surface area contributed by atoms with E-state index in [0.717, 1.165) is 16.8 Å². The summed E-state index contributed by atoms with van der Waals surface area (Å²) in [5.41, 5.74) is 7.97. The van der Waals surface area contributed by atoms with Crippen LogP contribution in [-0.4, -0.2) is 9.55 Å². The zero-order valence-corrected chi connectivity index (χ0v) is 23.4. The molecule has 2 heterocycles. The molecule has 0 saturated heterocycles. The van der Waals surface area contributed by atoms with Crippen molar-refractivity contribution in [1.29, 1.82) is 0 Å². The van der Waals surface area contributed by atoms with Gasteiger partial charge in [-0.3, -0.25) is 4.98 Å². The lowest BCUT2D eigenvalue weighted by Gasteiger charge is -2.12. The Morgan fingerprint density at radius 3 is 1.58 bits per heavy atom. The number of hydrogen-bond donors (Lipinski definition) is 0. The summed E-state index contributed by atoms with van der Waals surface area (Å²) in [6, 6.07) is 54.5. The van der Waals surface area contributed by atoms with Gasteiger partial charge in [0.2, 0.25) is 0 Å². The first-order valence-corrected chi connectivity index (χ1v) is 14.7. The molecule has 9 aromatic rings. The summed E-state index contributed by atoms with van der Waals surface area (Å²) < 4.78 is 2.35. The number of aromatic nitrogens is 2. The number of benzene rings is 7. The minimum absolute atomic E-state index is 0.977. The summed E-state index contributed by atoms with van der Waals surface area (Å²) in [5, 5.41) is 10.2. The van der Waals surface area contributed by atoms with E-state index < -0.39 is 0 Å². The Morgan fingerprint density at radius 2 is 0.884 bits per heavy atom. The first-order valence-electron chi connectivity index (χ1n) is 14.7. The lowest BCUT2D eigenvalue weighted by atomic mass is 9.93. The number of rotatable bonds is 3. The van der Waals surface area contributed by atoms with Crippen LogP contribution < -0.4 is 0 Å². The molecule has 0 unspecified atom stereocenters. The van der Waals surface area contributed by atoms with Crippen LogP contribution in [0.25, 0.3) is 82.2 Å². The van der Waals surface area contributed by atoms with Gasteiger partial charge >= 0.3 is 0 Å². The third-order valence-electron chi connectivity index (χ3n) is 8.82. The Labute approximate surface area is 249 Å². The van der Waals surface area contributed by atoms with E-state index >= 15 is 0 Å². The smallest absolute Gasteiger partial charge is 0.0702 e. The molecule has 0 radical (unpaired) electrons. The molecule has 2 nitrogen and oxygen atoms in total. The van der Waals surface area contributed by atoms with Crippen LogP contribution in [0.2, 0.25) is 0 Å². The van der Waals surface area contributed by atoms with E-state index in [0.29, 0.717) is 0 Å². The van der Waals surface area contributed by atoms with Crippen molar-refractivity contribution in [2.75, 3.05) is 0 Å². The van der Waals surface area contributed by atoms with E-state index in [2.05, 4.69) is 156 Å².